The smallest absolute Gasteiger partial charge is 0.0615 e. The Bertz CT molecular complexity index is 171. The van der Waals surface area contributed by atoms with Gasteiger partial charge in [-0.15, -0.1) is 0 Å². The average molecular weight is 136 g/mol. The quantitative estimate of drug-likeness (QED) is 0.530. The highest BCUT2D eigenvalue weighted by Gasteiger charge is 2.12. The molecule has 0 aromatic rings. The number of aliphatic imine (C=N–C) groups is 1. The van der Waals surface area contributed by atoms with Crippen LogP contribution in [-0.2, 0) is 0 Å². The maximum atomic E-state index is 4.24. The van der Waals surface area contributed by atoms with E-state index in [9.17, 15) is 0 Å². The first-order valence-corrected chi connectivity index (χ1v) is 3.90. The first-order chi connectivity index (χ1) is 4.97. The van der Waals surface area contributed by atoms with Crippen LogP contribution in [0.2, 0.25) is 0 Å². The van der Waals surface area contributed by atoms with Gasteiger partial charge in [-0.1, -0.05) is 0 Å². The van der Waals surface area contributed by atoms with E-state index in [1.54, 1.807) is 0 Å². The van der Waals surface area contributed by atoms with Crippen LogP contribution < -0.4 is 5.32 Å². The van der Waals surface area contributed by atoms with Crippen LogP contribution in [0.4, 0.5) is 0 Å². The summed E-state index contributed by atoms with van der Waals surface area (Å²) in [7, 11) is 0. The molecule has 0 aliphatic carbocycles. The van der Waals surface area contributed by atoms with Gasteiger partial charge in [0, 0.05) is 24.9 Å². The lowest BCUT2D eigenvalue weighted by molar-refractivity contribution is 0.639. The molecule has 2 heterocycles. The molecule has 2 aliphatic rings. The molecule has 2 nitrogen and oxygen atoms in total. The summed E-state index contributed by atoms with van der Waals surface area (Å²) in [6.45, 7) is 2.11. The molecule has 0 radical (unpaired) electrons. The Kier molecular flexibility index (Phi) is 1.46. The summed E-state index contributed by atoms with van der Waals surface area (Å²) in [4.78, 5) is 4.24. The van der Waals surface area contributed by atoms with Crippen molar-refractivity contribution >= 4 is 6.21 Å². The second-order valence-corrected chi connectivity index (χ2v) is 2.84. The molecule has 1 N–H and O–H groups in total. The molecule has 0 aromatic carbocycles. The largest absolute Gasteiger partial charge is 0.388 e. The fourth-order valence-electron chi connectivity index (χ4n) is 1.54. The average Bonchev–Trinajstić information content (AvgIpc) is 2.05. The summed E-state index contributed by atoms with van der Waals surface area (Å²) in [5.74, 6) is 0. The van der Waals surface area contributed by atoms with Gasteiger partial charge in [0.1, 0.15) is 0 Å². The van der Waals surface area contributed by atoms with Crippen LogP contribution in [0.5, 0.6) is 0 Å². The number of allylic oxidation sites excluding steroid dienone is 1. The summed E-state index contributed by atoms with van der Waals surface area (Å²) in [6.07, 6.45) is 5.60. The highest BCUT2D eigenvalue weighted by Crippen LogP contribution is 2.18. The number of hydrogen-bond donors (Lipinski definition) is 1. The number of nitrogens with zero attached hydrogens (tertiary/aromatic N) is 1. The molecule has 0 spiro atoms. The van der Waals surface area contributed by atoms with E-state index in [0.717, 1.165) is 19.5 Å². The number of rotatable bonds is 0. The number of dihydropyridines is 1. The minimum Gasteiger partial charge on any atom is -0.388 e. The van der Waals surface area contributed by atoms with Gasteiger partial charge in [-0.3, -0.25) is 4.99 Å². The van der Waals surface area contributed by atoms with E-state index in [-0.39, 0.29) is 0 Å². The lowest BCUT2D eigenvalue weighted by atomic mass is 10.0. The van der Waals surface area contributed by atoms with Gasteiger partial charge >= 0.3 is 0 Å². The zero-order valence-corrected chi connectivity index (χ0v) is 6.06. The monoisotopic (exact) mass is 136 g/mol. The van der Waals surface area contributed by atoms with E-state index in [2.05, 4.69) is 10.3 Å². The molecule has 0 aromatic heterocycles. The number of nitrogens with one attached hydrogen (secondary N) is 1. The molecule has 0 atom stereocenters. The van der Waals surface area contributed by atoms with Crippen molar-refractivity contribution < 1.29 is 0 Å². The second-order valence-electron chi connectivity index (χ2n) is 2.84. The predicted molar refractivity (Wildman–Crippen MR) is 42.2 cm³/mol. The summed E-state index contributed by atoms with van der Waals surface area (Å²) >= 11 is 0. The zero-order chi connectivity index (χ0) is 6.81. The lowest BCUT2D eigenvalue weighted by Crippen LogP contribution is -2.24. The van der Waals surface area contributed by atoms with Crippen LogP contribution in [0.3, 0.4) is 0 Å². The minimum atomic E-state index is 0.947. The molecule has 2 heteroatoms. The predicted octanol–water partition coefficient (Wildman–Crippen LogP) is 1.10. The van der Waals surface area contributed by atoms with Gasteiger partial charge in [-0.2, -0.15) is 0 Å². The Morgan fingerprint density at radius 3 is 3.40 bits per heavy atom. The van der Waals surface area contributed by atoms with Crippen LogP contribution >= 0.6 is 0 Å². The SMILES string of the molecule is C1=NCC2=C(C1)NCCC2. The van der Waals surface area contributed by atoms with Crippen LogP contribution in [0.25, 0.3) is 0 Å². The minimum absolute atomic E-state index is 0.947. The van der Waals surface area contributed by atoms with Gasteiger partial charge in [-0.25, -0.2) is 0 Å². The standard InChI is InChI=1S/C8H12N2/c1-2-7-6-9-5-3-8(7)10-4-1/h5,10H,1-4,6H2. The van der Waals surface area contributed by atoms with Crippen molar-refractivity contribution in [1.29, 1.82) is 0 Å². The first-order valence-electron chi connectivity index (χ1n) is 3.90. The van der Waals surface area contributed by atoms with E-state index < -0.39 is 0 Å². The van der Waals surface area contributed by atoms with E-state index in [0.29, 0.717) is 0 Å². The van der Waals surface area contributed by atoms with Gasteiger partial charge in [0.15, 0.2) is 0 Å². The lowest BCUT2D eigenvalue weighted by Gasteiger charge is -2.22. The fraction of sp³-hybridized carbons (Fsp3) is 0.625. The van der Waals surface area contributed by atoms with Crippen molar-refractivity contribution in [3.63, 3.8) is 0 Å². The fourth-order valence-corrected chi connectivity index (χ4v) is 1.54. The molecule has 0 fully saturated rings. The molecule has 2 aliphatic heterocycles. The Balaban J connectivity index is 2.17. The molecule has 0 saturated carbocycles. The van der Waals surface area contributed by atoms with E-state index in [1.807, 2.05) is 6.21 Å². The van der Waals surface area contributed by atoms with Crippen molar-refractivity contribution in [2.75, 3.05) is 13.1 Å². The van der Waals surface area contributed by atoms with Gasteiger partial charge in [0.2, 0.25) is 0 Å². The normalized spacial score (nSPS) is 24.0. The third-order valence-corrected chi connectivity index (χ3v) is 2.13. The highest BCUT2D eigenvalue weighted by molar-refractivity contribution is 5.63. The molecule has 0 unspecified atom stereocenters. The van der Waals surface area contributed by atoms with Crippen molar-refractivity contribution in [1.82, 2.24) is 5.32 Å². The molecular formula is C8H12N2. The topological polar surface area (TPSA) is 24.4 Å². The summed E-state index contributed by atoms with van der Waals surface area (Å²) in [5.41, 5.74) is 2.98. The maximum absolute atomic E-state index is 4.24. The first kappa shape index (κ1) is 5.96. The zero-order valence-electron chi connectivity index (χ0n) is 6.06. The van der Waals surface area contributed by atoms with Crippen molar-refractivity contribution in [2.45, 2.75) is 19.3 Å². The molecule has 0 saturated heterocycles. The van der Waals surface area contributed by atoms with Crippen LogP contribution in [0.1, 0.15) is 19.3 Å². The van der Waals surface area contributed by atoms with E-state index >= 15 is 0 Å². The van der Waals surface area contributed by atoms with Gasteiger partial charge in [-0.05, 0) is 18.4 Å². The molecular weight excluding hydrogens is 124 g/mol. The van der Waals surface area contributed by atoms with Crippen molar-refractivity contribution in [2.24, 2.45) is 4.99 Å². The Hall–Kier alpha value is -0.790. The van der Waals surface area contributed by atoms with Crippen molar-refractivity contribution in [3.8, 4) is 0 Å². The third-order valence-electron chi connectivity index (χ3n) is 2.13. The van der Waals surface area contributed by atoms with Crippen molar-refractivity contribution in [3.05, 3.63) is 11.3 Å². The van der Waals surface area contributed by atoms with Crippen LogP contribution in [-0.4, -0.2) is 19.3 Å². The Labute approximate surface area is 61.0 Å². The molecule has 0 amide bonds. The third kappa shape index (κ3) is 0.939. The molecule has 54 valence electrons. The molecule has 0 bridgehead atoms. The Morgan fingerprint density at radius 2 is 2.50 bits per heavy atom. The maximum Gasteiger partial charge on any atom is 0.0615 e. The van der Waals surface area contributed by atoms with Gasteiger partial charge in [0.05, 0.1) is 6.54 Å². The highest BCUT2D eigenvalue weighted by atomic mass is 14.9. The number of hydrogen-bond acceptors (Lipinski definition) is 2. The molecule has 10 heavy (non-hydrogen) atoms. The van der Waals surface area contributed by atoms with E-state index in [4.69, 9.17) is 0 Å². The summed E-state index contributed by atoms with van der Waals surface area (Å²) in [5, 5.41) is 3.41. The van der Waals surface area contributed by atoms with E-state index in [1.165, 1.54) is 24.1 Å². The van der Waals surface area contributed by atoms with Gasteiger partial charge in [0.25, 0.3) is 0 Å². The second kappa shape index (κ2) is 2.45. The van der Waals surface area contributed by atoms with Gasteiger partial charge < -0.3 is 5.32 Å². The molecule has 2 rings (SSSR count). The Morgan fingerprint density at radius 1 is 1.50 bits per heavy atom. The van der Waals surface area contributed by atoms with Crippen LogP contribution in [0, 0.1) is 0 Å². The summed E-state index contributed by atoms with van der Waals surface area (Å²) < 4.78 is 0. The summed E-state index contributed by atoms with van der Waals surface area (Å²) in [6, 6.07) is 0. The van der Waals surface area contributed by atoms with Crippen LogP contribution in [0.15, 0.2) is 16.3 Å².